The van der Waals surface area contributed by atoms with Gasteiger partial charge in [-0.1, -0.05) is 13.8 Å². The molecule has 0 spiro atoms. The zero-order valence-electron chi connectivity index (χ0n) is 11.2. The highest BCUT2D eigenvalue weighted by Crippen LogP contribution is 2.10. The van der Waals surface area contributed by atoms with E-state index in [-0.39, 0.29) is 18.2 Å². The number of ether oxygens (including phenoxy) is 1. The summed E-state index contributed by atoms with van der Waals surface area (Å²) < 4.78 is 30.8. The zero-order chi connectivity index (χ0) is 14.3. The standard InChI is InChI=1S/C14H19F2NO2/c1-3-7-17-11(4-2)9-19-14(18)10-5-6-12(15)13(16)8-10/h5-6,8,11,17H,3-4,7,9H2,1-2H3. The van der Waals surface area contributed by atoms with Crippen LogP contribution in [0.1, 0.15) is 37.0 Å². The van der Waals surface area contributed by atoms with Crippen molar-refractivity contribution in [3.63, 3.8) is 0 Å². The third-order valence-electron chi connectivity index (χ3n) is 2.75. The van der Waals surface area contributed by atoms with Gasteiger partial charge in [-0.3, -0.25) is 0 Å². The molecular weight excluding hydrogens is 252 g/mol. The van der Waals surface area contributed by atoms with Crippen LogP contribution >= 0.6 is 0 Å². The highest BCUT2D eigenvalue weighted by Gasteiger charge is 2.13. The molecule has 0 saturated carbocycles. The lowest BCUT2D eigenvalue weighted by Gasteiger charge is -2.16. The second-order valence-corrected chi connectivity index (χ2v) is 4.29. The van der Waals surface area contributed by atoms with Crippen molar-refractivity contribution in [3.8, 4) is 0 Å². The van der Waals surface area contributed by atoms with Crippen LogP contribution in [-0.2, 0) is 4.74 Å². The summed E-state index contributed by atoms with van der Waals surface area (Å²) in [7, 11) is 0. The smallest absolute Gasteiger partial charge is 0.338 e. The van der Waals surface area contributed by atoms with E-state index in [1.165, 1.54) is 6.07 Å². The molecule has 106 valence electrons. The predicted octanol–water partition coefficient (Wildman–Crippen LogP) is 2.90. The van der Waals surface area contributed by atoms with Crippen LogP contribution in [0.2, 0.25) is 0 Å². The van der Waals surface area contributed by atoms with Gasteiger partial charge < -0.3 is 10.1 Å². The number of benzene rings is 1. The maximum Gasteiger partial charge on any atom is 0.338 e. The molecular formula is C14H19F2NO2. The minimum Gasteiger partial charge on any atom is -0.460 e. The lowest BCUT2D eigenvalue weighted by Crippen LogP contribution is -2.34. The molecule has 0 fully saturated rings. The van der Waals surface area contributed by atoms with E-state index in [0.29, 0.717) is 0 Å². The molecule has 5 heteroatoms. The van der Waals surface area contributed by atoms with E-state index < -0.39 is 17.6 Å². The summed E-state index contributed by atoms with van der Waals surface area (Å²) in [4.78, 5) is 11.7. The number of carbonyl (C=O) groups is 1. The lowest BCUT2D eigenvalue weighted by atomic mass is 10.2. The van der Waals surface area contributed by atoms with Gasteiger partial charge in [0.1, 0.15) is 6.61 Å². The first kappa shape index (κ1) is 15.6. The number of hydrogen-bond donors (Lipinski definition) is 1. The molecule has 19 heavy (non-hydrogen) atoms. The third-order valence-corrected chi connectivity index (χ3v) is 2.75. The Morgan fingerprint density at radius 3 is 2.63 bits per heavy atom. The number of hydrogen-bond acceptors (Lipinski definition) is 3. The average molecular weight is 271 g/mol. The number of rotatable bonds is 7. The zero-order valence-corrected chi connectivity index (χ0v) is 11.2. The van der Waals surface area contributed by atoms with Crippen LogP contribution in [0.3, 0.4) is 0 Å². The highest BCUT2D eigenvalue weighted by atomic mass is 19.2. The van der Waals surface area contributed by atoms with E-state index in [1.807, 2.05) is 13.8 Å². The minimum absolute atomic E-state index is 0.0178. The molecule has 1 rings (SSSR count). The second-order valence-electron chi connectivity index (χ2n) is 4.29. The van der Waals surface area contributed by atoms with E-state index in [4.69, 9.17) is 4.74 Å². The van der Waals surface area contributed by atoms with Crippen LogP contribution in [-0.4, -0.2) is 25.2 Å². The summed E-state index contributed by atoms with van der Waals surface area (Å²) in [6, 6.07) is 3.05. The molecule has 0 saturated heterocycles. The van der Waals surface area contributed by atoms with E-state index in [0.717, 1.165) is 31.5 Å². The van der Waals surface area contributed by atoms with Crippen LogP contribution < -0.4 is 5.32 Å². The predicted molar refractivity (Wildman–Crippen MR) is 69.0 cm³/mol. The summed E-state index contributed by atoms with van der Waals surface area (Å²) in [5, 5.41) is 3.24. The van der Waals surface area contributed by atoms with Crippen LogP contribution in [0.25, 0.3) is 0 Å². The van der Waals surface area contributed by atoms with E-state index >= 15 is 0 Å². The normalized spacial score (nSPS) is 12.2. The van der Waals surface area contributed by atoms with E-state index in [1.54, 1.807) is 0 Å². The fourth-order valence-corrected chi connectivity index (χ4v) is 1.55. The van der Waals surface area contributed by atoms with Gasteiger partial charge in [0.05, 0.1) is 5.56 Å². The molecule has 1 aromatic rings. The van der Waals surface area contributed by atoms with Crippen LogP contribution in [0.5, 0.6) is 0 Å². The Balaban J connectivity index is 2.52. The summed E-state index contributed by atoms with van der Waals surface area (Å²) in [5.41, 5.74) is 0.0178. The number of halogens is 2. The van der Waals surface area contributed by atoms with E-state index in [2.05, 4.69) is 5.32 Å². The summed E-state index contributed by atoms with van der Waals surface area (Å²) in [6.07, 6.45) is 1.82. The van der Waals surface area contributed by atoms with Gasteiger partial charge in [0.2, 0.25) is 0 Å². The fraction of sp³-hybridized carbons (Fsp3) is 0.500. The summed E-state index contributed by atoms with van der Waals surface area (Å²) >= 11 is 0. The summed E-state index contributed by atoms with van der Waals surface area (Å²) in [6.45, 7) is 5.10. The monoisotopic (exact) mass is 271 g/mol. The highest BCUT2D eigenvalue weighted by molar-refractivity contribution is 5.89. The molecule has 0 aliphatic rings. The first-order chi connectivity index (χ1) is 9.08. The van der Waals surface area contributed by atoms with Gasteiger partial charge in [0.15, 0.2) is 11.6 Å². The topological polar surface area (TPSA) is 38.3 Å². The van der Waals surface area contributed by atoms with Gasteiger partial charge >= 0.3 is 5.97 Å². The number of carbonyl (C=O) groups excluding carboxylic acids is 1. The molecule has 1 unspecified atom stereocenters. The Kier molecular flexibility index (Phi) is 6.42. The fourth-order valence-electron chi connectivity index (χ4n) is 1.55. The van der Waals surface area contributed by atoms with Crippen molar-refractivity contribution in [1.29, 1.82) is 0 Å². The molecule has 0 aliphatic carbocycles. The molecule has 0 aliphatic heterocycles. The van der Waals surface area contributed by atoms with Crippen molar-refractivity contribution in [1.82, 2.24) is 5.32 Å². The number of esters is 1. The second kappa shape index (κ2) is 7.84. The maximum atomic E-state index is 13.0. The molecule has 0 heterocycles. The van der Waals surface area contributed by atoms with Gasteiger partial charge in [0.25, 0.3) is 0 Å². The lowest BCUT2D eigenvalue weighted by molar-refractivity contribution is 0.0462. The van der Waals surface area contributed by atoms with Gasteiger partial charge in [-0.25, -0.2) is 13.6 Å². The Morgan fingerprint density at radius 1 is 1.32 bits per heavy atom. The molecule has 0 radical (unpaired) electrons. The molecule has 0 bridgehead atoms. The Morgan fingerprint density at radius 2 is 2.05 bits per heavy atom. The SMILES string of the molecule is CCCNC(CC)COC(=O)c1ccc(F)c(F)c1. The quantitative estimate of drug-likeness (QED) is 0.775. The van der Waals surface area contributed by atoms with Crippen LogP contribution in [0, 0.1) is 11.6 Å². The Hall–Kier alpha value is -1.49. The number of nitrogens with one attached hydrogen (secondary N) is 1. The van der Waals surface area contributed by atoms with E-state index in [9.17, 15) is 13.6 Å². The van der Waals surface area contributed by atoms with Gasteiger partial charge in [0, 0.05) is 6.04 Å². The van der Waals surface area contributed by atoms with Crippen molar-refractivity contribution in [2.75, 3.05) is 13.2 Å². The van der Waals surface area contributed by atoms with Crippen LogP contribution in [0.15, 0.2) is 18.2 Å². The van der Waals surface area contributed by atoms with Crippen molar-refractivity contribution in [2.45, 2.75) is 32.7 Å². The van der Waals surface area contributed by atoms with Gasteiger partial charge in [-0.2, -0.15) is 0 Å². The van der Waals surface area contributed by atoms with Crippen molar-refractivity contribution in [2.24, 2.45) is 0 Å². The first-order valence-corrected chi connectivity index (χ1v) is 6.44. The van der Waals surface area contributed by atoms with Gasteiger partial charge in [-0.05, 0) is 37.6 Å². The minimum atomic E-state index is -1.05. The molecule has 0 amide bonds. The van der Waals surface area contributed by atoms with Crippen molar-refractivity contribution >= 4 is 5.97 Å². The van der Waals surface area contributed by atoms with Crippen molar-refractivity contribution in [3.05, 3.63) is 35.4 Å². The molecule has 1 N–H and O–H groups in total. The van der Waals surface area contributed by atoms with Gasteiger partial charge in [-0.15, -0.1) is 0 Å². The molecule has 0 aromatic heterocycles. The largest absolute Gasteiger partial charge is 0.460 e. The summed E-state index contributed by atoms with van der Waals surface area (Å²) in [5.74, 6) is -2.67. The first-order valence-electron chi connectivity index (χ1n) is 6.44. The van der Waals surface area contributed by atoms with Crippen LogP contribution in [0.4, 0.5) is 8.78 Å². The Labute approximate surface area is 112 Å². The maximum absolute atomic E-state index is 13.0. The Bertz CT molecular complexity index is 424. The van der Waals surface area contributed by atoms with Crippen molar-refractivity contribution < 1.29 is 18.3 Å². The molecule has 1 atom stereocenters. The molecule has 1 aromatic carbocycles. The average Bonchev–Trinajstić information content (AvgIpc) is 2.41. The molecule has 3 nitrogen and oxygen atoms in total. The third kappa shape index (κ3) is 4.95.